The Hall–Kier alpha value is -1.96. The average molecular weight is 432 g/mol. The molecule has 1 amide bonds. The topological polar surface area (TPSA) is 49.6 Å². The summed E-state index contributed by atoms with van der Waals surface area (Å²) in [6.07, 6.45) is -4.41. The molecule has 9 heteroatoms. The van der Waals surface area contributed by atoms with Gasteiger partial charge in [0.15, 0.2) is 0 Å². The van der Waals surface area contributed by atoms with Crippen molar-refractivity contribution < 1.29 is 18.0 Å². The smallest absolute Gasteiger partial charge is 0.368 e. The highest BCUT2D eigenvalue weighted by Crippen LogP contribution is 2.33. The van der Waals surface area contributed by atoms with Crippen molar-refractivity contribution >= 4 is 34.8 Å². The van der Waals surface area contributed by atoms with E-state index in [9.17, 15) is 18.0 Å². The maximum absolute atomic E-state index is 12.9. The Morgan fingerprint density at radius 3 is 2.29 bits per heavy atom. The number of hydrogen-bond donors (Lipinski definition) is 1. The second kappa shape index (κ2) is 8.19. The van der Waals surface area contributed by atoms with Crippen LogP contribution in [0.3, 0.4) is 0 Å². The molecule has 4 nitrogen and oxygen atoms in total. The first kappa shape index (κ1) is 20.8. The van der Waals surface area contributed by atoms with Gasteiger partial charge in [0, 0.05) is 43.4 Å². The Bertz CT molecular complexity index is 881. The largest absolute Gasteiger partial charge is 0.416 e. The number of anilines is 1. The summed E-state index contributed by atoms with van der Waals surface area (Å²) in [4.78, 5) is 16.3. The van der Waals surface area contributed by atoms with Crippen LogP contribution in [0.1, 0.15) is 21.5 Å². The summed E-state index contributed by atoms with van der Waals surface area (Å²) in [5.41, 5.74) is 6.40. The first-order chi connectivity index (χ1) is 13.2. The molecule has 0 unspecified atom stereocenters. The molecule has 28 heavy (non-hydrogen) atoms. The minimum atomic E-state index is -4.41. The molecule has 0 aliphatic carbocycles. The lowest BCUT2D eigenvalue weighted by atomic mass is 10.1. The molecule has 0 atom stereocenters. The molecule has 2 aromatic rings. The Labute approximate surface area is 170 Å². The normalized spacial score (nSPS) is 15.1. The van der Waals surface area contributed by atoms with Crippen molar-refractivity contribution in [1.29, 1.82) is 0 Å². The molecule has 150 valence electrons. The van der Waals surface area contributed by atoms with Crippen LogP contribution in [0.2, 0.25) is 10.0 Å². The molecule has 0 spiro atoms. The van der Waals surface area contributed by atoms with Gasteiger partial charge in [-0.1, -0.05) is 23.2 Å². The number of benzene rings is 2. The Kier molecular flexibility index (Phi) is 6.07. The fourth-order valence-corrected chi connectivity index (χ4v) is 3.71. The van der Waals surface area contributed by atoms with E-state index in [1.165, 1.54) is 12.1 Å². The summed E-state index contributed by atoms with van der Waals surface area (Å²) in [5.74, 6) is -0.201. The Morgan fingerprint density at radius 2 is 1.71 bits per heavy atom. The third-order valence-electron chi connectivity index (χ3n) is 4.70. The minimum Gasteiger partial charge on any atom is -0.368 e. The fraction of sp³-hybridized carbons (Fsp3) is 0.316. The molecule has 1 aliphatic heterocycles. The third-order valence-corrected chi connectivity index (χ3v) is 5.24. The number of hydrogen-bond acceptors (Lipinski definition) is 3. The van der Waals surface area contributed by atoms with Crippen molar-refractivity contribution in [2.24, 2.45) is 5.73 Å². The zero-order valence-electron chi connectivity index (χ0n) is 14.8. The summed E-state index contributed by atoms with van der Waals surface area (Å²) in [6, 6.07) is 8.29. The molecule has 2 N–H and O–H groups in total. The van der Waals surface area contributed by atoms with Gasteiger partial charge in [0.1, 0.15) is 0 Å². The number of nitrogens with two attached hydrogens (primary N) is 1. The van der Waals surface area contributed by atoms with Crippen LogP contribution in [-0.2, 0) is 12.7 Å². The van der Waals surface area contributed by atoms with Crippen LogP contribution in [0, 0.1) is 0 Å². The van der Waals surface area contributed by atoms with E-state index in [4.69, 9.17) is 28.9 Å². The first-order valence-corrected chi connectivity index (χ1v) is 9.35. The lowest BCUT2D eigenvalue weighted by molar-refractivity contribution is -0.137. The number of amides is 1. The van der Waals surface area contributed by atoms with Gasteiger partial charge in [-0.3, -0.25) is 4.79 Å². The van der Waals surface area contributed by atoms with Crippen molar-refractivity contribution in [3.05, 3.63) is 63.1 Å². The summed E-state index contributed by atoms with van der Waals surface area (Å²) in [6.45, 7) is 1.80. The second-order valence-corrected chi connectivity index (χ2v) is 7.29. The number of nitrogens with zero attached hydrogens (tertiary/aromatic N) is 2. The van der Waals surface area contributed by atoms with Gasteiger partial charge in [-0.25, -0.2) is 0 Å². The van der Waals surface area contributed by atoms with Crippen molar-refractivity contribution in [3.8, 4) is 0 Å². The van der Waals surface area contributed by atoms with Crippen LogP contribution in [0.25, 0.3) is 0 Å². The fourth-order valence-electron chi connectivity index (χ4n) is 3.22. The predicted octanol–water partition coefficient (Wildman–Crippen LogP) is 4.43. The molecule has 1 heterocycles. The van der Waals surface area contributed by atoms with E-state index in [1.54, 1.807) is 17.0 Å². The van der Waals surface area contributed by atoms with Crippen molar-refractivity contribution in [2.75, 3.05) is 31.1 Å². The summed E-state index contributed by atoms with van der Waals surface area (Å²) in [7, 11) is 0. The minimum absolute atomic E-state index is 0.00121. The molecule has 0 bridgehead atoms. The predicted molar refractivity (Wildman–Crippen MR) is 104 cm³/mol. The van der Waals surface area contributed by atoms with Gasteiger partial charge >= 0.3 is 6.18 Å². The first-order valence-electron chi connectivity index (χ1n) is 8.60. The highest BCUT2D eigenvalue weighted by atomic mass is 35.5. The van der Waals surface area contributed by atoms with Crippen LogP contribution in [0.15, 0.2) is 36.4 Å². The SMILES string of the molecule is NCc1cc(C(F)(F)F)ccc1N1CCN(C(=O)c2ccc(Cl)cc2Cl)CC1. The van der Waals surface area contributed by atoms with Crippen LogP contribution >= 0.6 is 23.2 Å². The molecule has 0 radical (unpaired) electrons. The zero-order chi connectivity index (χ0) is 20.5. The van der Waals surface area contributed by atoms with Gasteiger partial charge in [-0.2, -0.15) is 13.2 Å². The van der Waals surface area contributed by atoms with E-state index in [-0.39, 0.29) is 17.5 Å². The number of carbonyl (C=O) groups is 1. The molecule has 0 aromatic heterocycles. The number of alkyl halides is 3. The number of halogens is 5. The molecular weight excluding hydrogens is 414 g/mol. The van der Waals surface area contributed by atoms with E-state index in [2.05, 4.69) is 0 Å². The Morgan fingerprint density at radius 1 is 1.04 bits per heavy atom. The number of carbonyl (C=O) groups excluding carboxylic acids is 1. The van der Waals surface area contributed by atoms with Crippen LogP contribution < -0.4 is 10.6 Å². The molecule has 1 saturated heterocycles. The van der Waals surface area contributed by atoms with E-state index in [0.717, 1.165) is 12.1 Å². The van der Waals surface area contributed by atoms with E-state index in [0.29, 0.717) is 48.0 Å². The quantitative estimate of drug-likeness (QED) is 0.781. The summed E-state index contributed by atoms with van der Waals surface area (Å²) < 4.78 is 38.8. The highest BCUT2D eigenvalue weighted by Gasteiger charge is 2.32. The average Bonchev–Trinajstić information content (AvgIpc) is 2.66. The molecule has 2 aromatic carbocycles. The standard InChI is InChI=1S/C19H18Cl2F3N3O/c20-14-2-3-15(16(21)10-14)18(28)27-7-5-26(6-8-27)17-4-1-13(19(22,23)24)9-12(17)11-25/h1-4,9-10H,5-8,11,25H2. The monoisotopic (exact) mass is 431 g/mol. The van der Waals surface area contributed by atoms with E-state index < -0.39 is 11.7 Å². The maximum atomic E-state index is 12.9. The summed E-state index contributed by atoms with van der Waals surface area (Å²) in [5, 5.41) is 0.732. The molecule has 3 rings (SSSR count). The van der Waals surface area contributed by atoms with Crippen LogP contribution in [0.5, 0.6) is 0 Å². The summed E-state index contributed by atoms with van der Waals surface area (Å²) >= 11 is 12.0. The van der Waals surface area contributed by atoms with Gasteiger partial charge in [0.25, 0.3) is 5.91 Å². The van der Waals surface area contributed by atoms with Crippen molar-refractivity contribution in [3.63, 3.8) is 0 Å². The second-order valence-electron chi connectivity index (χ2n) is 6.45. The maximum Gasteiger partial charge on any atom is 0.416 e. The molecule has 0 saturated carbocycles. The van der Waals surface area contributed by atoms with Gasteiger partial charge < -0.3 is 15.5 Å². The lowest BCUT2D eigenvalue weighted by Crippen LogP contribution is -2.49. The highest BCUT2D eigenvalue weighted by molar-refractivity contribution is 6.36. The van der Waals surface area contributed by atoms with Gasteiger partial charge in [-0.15, -0.1) is 0 Å². The van der Waals surface area contributed by atoms with Crippen LogP contribution in [-0.4, -0.2) is 37.0 Å². The van der Waals surface area contributed by atoms with Gasteiger partial charge in [-0.05, 0) is 42.0 Å². The third kappa shape index (κ3) is 4.37. The molecule has 1 aliphatic rings. The number of rotatable bonds is 3. The van der Waals surface area contributed by atoms with Crippen LogP contribution in [0.4, 0.5) is 18.9 Å². The molecule has 1 fully saturated rings. The van der Waals surface area contributed by atoms with Crippen molar-refractivity contribution in [1.82, 2.24) is 4.90 Å². The van der Waals surface area contributed by atoms with Crippen molar-refractivity contribution in [2.45, 2.75) is 12.7 Å². The van der Waals surface area contributed by atoms with E-state index >= 15 is 0 Å². The zero-order valence-corrected chi connectivity index (χ0v) is 16.3. The molecular formula is C19H18Cl2F3N3O. The Balaban J connectivity index is 1.72. The number of piperazine rings is 1. The van der Waals surface area contributed by atoms with Gasteiger partial charge in [0.2, 0.25) is 0 Å². The van der Waals surface area contributed by atoms with Gasteiger partial charge in [0.05, 0.1) is 16.1 Å². The lowest BCUT2D eigenvalue weighted by Gasteiger charge is -2.37. The van der Waals surface area contributed by atoms with E-state index in [1.807, 2.05) is 4.90 Å².